The van der Waals surface area contributed by atoms with Gasteiger partial charge in [0.1, 0.15) is 0 Å². The molecule has 1 aliphatic rings. The predicted molar refractivity (Wildman–Crippen MR) is 86.1 cm³/mol. The van der Waals surface area contributed by atoms with E-state index >= 15 is 0 Å². The number of carbonyl (C=O) groups excluding carboxylic acids is 2. The van der Waals surface area contributed by atoms with Crippen LogP contribution in [0.3, 0.4) is 0 Å². The van der Waals surface area contributed by atoms with Gasteiger partial charge in [0.2, 0.25) is 5.78 Å². The number of nitrogens with zero attached hydrogens (tertiary/aromatic N) is 1. The van der Waals surface area contributed by atoms with Crippen molar-refractivity contribution in [3.8, 4) is 0 Å². The summed E-state index contributed by atoms with van der Waals surface area (Å²) < 4.78 is 0. The van der Waals surface area contributed by atoms with Crippen LogP contribution in [0.5, 0.6) is 0 Å². The standard InChI is InChI=1S/C17H13NO3S/c19-13-9-8-12(18-11-5-2-1-3-6-11)15(13)17(21)16(20)14-7-4-10-22-14/h1-7,10,21H,8-9H2/b17-15+,18-12?. The third-order valence-electron chi connectivity index (χ3n) is 3.37. The molecule has 0 spiro atoms. The van der Waals surface area contributed by atoms with Crippen LogP contribution in [0, 0.1) is 0 Å². The van der Waals surface area contributed by atoms with Gasteiger partial charge in [0.05, 0.1) is 21.8 Å². The Labute approximate surface area is 131 Å². The topological polar surface area (TPSA) is 66.7 Å². The van der Waals surface area contributed by atoms with Crippen molar-refractivity contribution in [2.75, 3.05) is 0 Å². The normalized spacial score (nSPS) is 18.7. The number of aliphatic hydroxyl groups excluding tert-OH is 1. The number of Topliss-reactive ketones (excluding diaryl/α,β-unsaturated/α-hetero) is 2. The van der Waals surface area contributed by atoms with E-state index < -0.39 is 11.5 Å². The molecule has 0 atom stereocenters. The van der Waals surface area contributed by atoms with Crippen LogP contribution < -0.4 is 0 Å². The number of thiophene rings is 1. The number of ketones is 2. The maximum atomic E-state index is 12.2. The van der Waals surface area contributed by atoms with Gasteiger partial charge in [0.25, 0.3) is 0 Å². The summed E-state index contributed by atoms with van der Waals surface area (Å²) in [5.41, 5.74) is 1.22. The molecule has 5 heteroatoms. The molecular weight excluding hydrogens is 298 g/mol. The Bertz CT molecular complexity index is 774. The van der Waals surface area contributed by atoms with Crippen LogP contribution >= 0.6 is 11.3 Å². The maximum absolute atomic E-state index is 12.2. The number of rotatable bonds is 3. The summed E-state index contributed by atoms with van der Waals surface area (Å²) in [5.74, 6) is -1.27. The van der Waals surface area contributed by atoms with Crippen molar-refractivity contribution < 1.29 is 14.7 Å². The van der Waals surface area contributed by atoms with Crippen LogP contribution in [0.2, 0.25) is 0 Å². The second kappa shape index (κ2) is 6.07. The molecule has 1 aliphatic carbocycles. The highest BCUT2D eigenvalue weighted by atomic mass is 32.1. The Morgan fingerprint density at radius 3 is 2.55 bits per heavy atom. The molecule has 1 aromatic heterocycles. The molecule has 1 saturated carbocycles. The molecule has 0 saturated heterocycles. The Kier molecular flexibility index (Phi) is 3.98. The molecule has 0 radical (unpaired) electrons. The van der Waals surface area contributed by atoms with Gasteiger partial charge in [-0.2, -0.15) is 0 Å². The van der Waals surface area contributed by atoms with Gasteiger partial charge in [-0.15, -0.1) is 11.3 Å². The van der Waals surface area contributed by atoms with Crippen molar-refractivity contribution in [3.63, 3.8) is 0 Å². The summed E-state index contributed by atoms with van der Waals surface area (Å²) in [5, 5.41) is 12.0. The van der Waals surface area contributed by atoms with E-state index in [-0.39, 0.29) is 17.8 Å². The summed E-state index contributed by atoms with van der Waals surface area (Å²) >= 11 is 1.23. The lowest BCUT2D eigenvalue weighted by molar-refractivity contribution is -0.114. The first-order chi connectivity index (χ1) is 10.7. The van der Waals surface area contributed by atoms with Crippen molar-refractivity contribution in [2.24, 2.45) is 4.99 Å². The number of aliphatic imine (C=N–C) groups is 1. The fourth-order valence-corrected chi connectivity index (χ4v) is 2.98. The van der Waals surface area contributed by atoms with Gasteiger partial charge in [-0.05, 0) is 30.0 Å². The van der Waals surface area contributed by atoms with Crippen LogP contribution in [0.4, 0.5) is 5.69 Å². The van der Waals surface area contributed by atoms with Gasteiger partial charge in [0.15, 0.2) is 11.5 Å². The molecular formula is C17H13NO3S. The van der Waals surface area contributed by atoms with Crippen LogP contribution in [0.25, 0.3) is 0 Å². The van der Waals surface area contributed by atoms with Crippen molar-refractivity contribution >= 4 is 34.3 Å². The minimum Gasteiger partial charge on any atom is -0.504 e. The predicted octanol–water partition coefficient (Wildman–Crippen LogP) is 3.88. The van der Waals surface area contributed by atoms with E-state index in [1.807, 2.05) is 30.3 Å². The van der Waals surface area contributed by atoms with E-state index in [9.17, 15) is 14.7 Å². The quantitative estimate of drug-likeness (QED) is 0.531. The smallest absolute Gasteiger partial charge is 0.238 e. The van der Waals surface area contributed by atoms with Crippen LogP contribution in [0.15, 0.2) is 64.2 Å². The first-order valence-corrected chi connectivity index (χ1v) is 7.72. The number of benzene rings is 1. The molecule has 1 N–H and O–H groups in total. The molecule has 1 aromatic carbocycles. The summed E-state index contributed by atoms with van der Waals surface area (Å²) in [7, 11) is 0. The molecule has 22 heavy (non-hydrogen) atoms. The van der Waals surface area contributed by atoms with E-state index in [1.54, 1.807) is 17.5 Å². The number of allylic oxidation sites excluding steroid dienone is 2. The molecule has 0 bridgehead atoms. The van der Waals surface area contributed by atoms with Gasteiger partial charge in [-0.3, -0.25) is 14.6 Å². The number of hydrogen-bond donors (Lipinski definition) is 1. The van der Waals surface area contributed by atoms with Gasteiger partial charge < -0.3 is 5.11 Å². The van der Waals surface area contributed by atoms with Crippen molar-refractivity contribution in [2.45, 2.75) is 12.8 Å². The van der Waals surface area contributed by atoms with Gasteiger partial charge in [-0.1, -0.05) is 24.3 Å². The maximum Gasteiger partial charge on any atom is 0.238 e. The Morgan fingerprint density at radius 1 is 1.09 bits per heavy atom. The van der Waals surface area contributed by atoms with E-state index in [0.717, 1.165) is 0 Å². The van der Waals surface area contributed by atoms with Crippen LogP contribution in [-0.2, 0) is 4.79 Å². The Morgan fingerprint density at radius 2 is 1.86 bits per heavy atom. The summed E-state index contributed by atoms with van der Waals surface area (Å²) in [4.78, 5) is 29.1. The van der Waals surface area contributed by atoms with Crippen molar-refractivity contribution in [1.29, 1.82) is 0 Å². The average Bonchev–Trinajstić information content (AvgIpc) is 3.17. The van der Waals surface area contributed by atoms with E-state index in [0.29, 0.717) is 22.7 Å². The molecule has 4 nitrogen and oxygen atoms in total. The lowest BCUT2D eigenvalue weighted by Gasteiger charge is -2.03. The fraction of sp³-hybridized carbons (Fsp3) is 0.118. The first kappa shape index (κ1) is 14.4. The number of carbonyl (C=O) groups is 2. The van der Waals surface area contributed by atoms with E-state index in [1.165, 1.54) is 11.3 Å². The second-order valence-corrected chi connectivity index (χ2v) is 5.79. The molecule has 3 rings (SSSR count). The first-order valence-electron chi connectivity index (χ1n) is 6.84. The zero-order chi connectivity index (χ0) is 15.5. The lowest BCUT2D eigenvalue weighted by Crippen LogP contribution is -2.11. The molecule has 0 unspecified atom stereocenters. The van der Waals surface area contributed by atoms with E-state index in [2.05, 4.69) is 4.99 Å². The Balaban J connectivity index is 2.02. The number of hydrogen-bond acceptors (Lipinski definition) is 5. The monoisotopic (exact) mass is 311 g/mol. The van der Waals surface area contributed by atoms with Crippen molar-refractivity contribution in [1.82, 2.24) is 0 Å². The minimum absolute atomic E-state index is 0.0576. The van der Waals surface area contributed by atoms with E-state index in [4.69, 9.17) is 0 Å². The van der Waals surface area contributed by atoms with Gasteiger partial charge in [0, 0.05) is 6.42 Å². The summed E-state index contributed by atoms with van der Waals surface area (Å²) in [6.45, 7) is 0. The Hall–Kier alpha value is -2.53. The van der Waals surface area contributed by atoms with Crippen molar-refractivity contribution in [3.05, 3.63) is 64.1 Å². The highest BCUT2D eigenvalue weighted by molar-refractivity contribution is 7.12. The third kappa shape index (κ3) is 2.76. The van der Waals surface area contributed by atoms with Crippen LogP contribution in [0.1, 0.15) is 22.5 Å². The zero-order valence-corrected chi connectivity index (χ0v) is 12.5. The van der Waals surface area contributed by atoms with Crippen LogP contribution in [-0.4, -0.2) is 22.4 Å². The molecule has 1 heterocycles. The number of aliphatic hydroxyl groups is 1. The SMILES string of the molecule is O=C1CCC(=Nc2ccccc2)/C1=C(\O)C(=O)c1cccs1. The average molecular weight is 311 g/mol. The molecule has 1 fully saturated rings. The lowest BCUT2D eigenvalue weighted by atomic mass is 10.1. The van der Waals surface area contributed by atoms with Gasteiger partial charge >= 0.3 is 0 Å². The number of para-hydroxylation sites is 1. The fourth-order valence-electron chi connectivity index (χ4n) is 2.32. The molecule has 110 valence electrons. The summed E-state index contributed by atoms with van der Waals surface area (Å²) in [6, 6.07) is 12.5. The highest BCUT2D eigenvalue weighted by Crippen LogP contribution is 2.26. The third-order valence-corrected chi connectivity index (χ3v) is 4.24. The largest absolute Gasteiger partial charge is 0.504 e. The van der Waals surface area contributed by atoms with Gasteiger partial charge in [-0.25, -0.2) is 0 Å². The second-order valence-electron chi connectivity index (χ2n) is 4.85. The molecule has 0 aliphatic heterocycles. The molecule has 0 amide bonds. The molecule has 2 aromatic rings. The zero-order valence-electron chi connectivity index (χ0n) is 11.7. The minimum atomic E-state index is -0.527. The highest BCUT2D eigenvalue weighted by Gasteiger charge is 2.31. The summed E-state index contributed by atoms with van der Waals surface area (Å²) in [6.07, 6.45) is 0.702.